The second kappa shape index (κ2) is 4.81. The number of hydrogen-bond acceptors (Lipinski definition) is 3. The molecule has 0 aromatic carbocycles. The molecule has 3 rings (SSSR count). The number of carbonyl (C=O) groups is 2. The summed E-state index contributed by atoms with van der Waals surface area (Å²) < 4.78 is 1.59. The molecule has 0 radical (unpaired) electrons. The van der Waals surface area contributed by atoms with Crippen molar-refractivity contribution in [3.8, 4) is 0 Å². The van der Waals surface area contributed by atoms with Crippen LogP contribution in [0.4, 0.5) is 10.5 Å². The van der Waals surface area contributed by atoms with E-state index >= 15 is 0 Å². The van der Waals surface area contributed by atoms with Gasteiger partial charge in [-0.15, -0.1) is 0 Å². The van der Waals surface area contributed by atoms with Crippen LogP contribution in [0.1, 0.15) is 19.3 Å². The van der Waals surface area contributed by atoms with Gasteiger partial charge in [-0.2, -0.15) is 5.10 Å². The summed E-state index contributed by atoms with van der Waals surface area (Å²) in [5.41, 5.74) is 0.582. The summed E-state index contributed by atoms with van der Waals surface area (Å²) >= 11 is 0. The first-order valence-corrected chi connectivity index (χ1v) is 6.85. The lowest BCUT2D eigenvalue weighted by atomic mass is 9.94. The molecule has 1 aromatic heterocycles. The van der Waals surface area contributed by atoms with Gasteiger partial charge in [0, 0.05) is 19.8 Å². The number of likely N-dealkylation sites (tertiary alicyclic amines) is 1. The van der Waals surface area contributed by atoms with E-state index in [-0.39, 0.29) is 11.9 Å². The van der Waals surface area contributed by atoms with E-state index in [0.717, 1.165) is 19.3 Å². The molecule has 0 spiro atoms. The Kier molecular flexibility index (Phi) is 3.11. The number of aryl methyl sites for hydroxylation is 1. The highest BCUT2D eigenvalue weighted by Gasteiger charge is 2.49. The average molecular weight is 278 g/mol. The molecule has 108 valence electrons. The van der Waals surface area contributed by atoms with Gasteiger partial charge in [-0.05, 0) is 24.7 Å². The summed E-state index contributed by atoms with van der Waals surface area (Å²) in [5, 5.41) is 16.1. The Morgan fingerprint density at radius 2 is 2.25 bits per heavy atom. The molecule has 2 N–H and O–H groups in total. The Morgan fingerprint density at radius 3 is 2.90 bits per heavy atom. The van der Waals surface area contributed by atoms with Crippen LogP contribution >= 0.6 is 0 Å². The largest absolute Gasteiger partial charge is 0.480 e. The van der Waals surface area contributed by atoms with E-state index in [1.807, 2.05) is 0 Å². The average Bonchev–Trinajstić information content (AvgIpc) is 3.02. The van der Waals surface area contributed by atoms with Crippen LogP contribution in [0, 0.1) is 11.8 Å². The van der Waals surface area contributed by atoms with Crippen LogP contribution in [0.25, 0.3) is 0 Å². The van der Waals surface area contributed by atoms with Crippen LogP contribution in [0.15, 0.2) is 12.4 Å². The Hall–Kier alpha value is -2.05. The van der Waals surface area contributed by atoms with Crippen molar-refractivity contribution in [2.75, 3.05) is 11.9 Å². The van der Waals surface area contributed by atoms with Gasteiger partial charge in [0.1, 0.15) is 6.04 Å². The van der Waals surface area contributed by atoms with E-state index in [1.54, 1.807) is 24.1 Å². The van der Waals surface area contributed by atoms with Crippen molar-refractivity contribution < 1.29 is 14.7 Å². The van der Waals surface area contributed by atoms with Crippen molar-refractivity contribution in [2.45, 2.75) is 25.3 Å². The summed E-state index contributed by atoms with van der Waals surface area (Å²) in [6.07, 6.45) is 6.22. The fourth-order valence-electron chi connectivity index (χ4n) is 3.51. The van der Waals surface area contributed by atoms with Crippen LogP contribution in [0.3, 0.4) is 0 Å². The first-order valence-electron chi connectivity index (χ1n) is 6.85. The highest BCUT2D eigenvalue weighted by Crippen LogP contribution is 2.42. The van der Waals surface area contributed by atoms with Crippen molar-refractivity contribution in [3.05, 3.63) is 12.4 Å². The minimum atomic E-state index is -0.902. The number of carboxylic acid groups (broad SMARTS) is 1. The standard InChI is InChI=1S/C13H18N4O3/c1-16-7-9(5-14-16)15-13(20)17-6-8-3-2-4-10(8)11(17)12(18)19/h5,7-8,10-11H,2-4,6H2,1H3,(H,15,20)(H,18,19). The number of nitrogens with one attached hydrogen (secondary N) is 1. The smallest absolute Gasteiger partial charge is 0.326 e. The summed E-state index contributed by atoms with van der Waals surface area (Å²) in [4.78, 5) is 25.2. The molecule has 3 atom stereocenters. The lowest BCUT2D eigenvalue weighted by Crippen LogP contribution is -2.45. The van der Waals surface area contributed by atoms with Crippen LogP contribution in [-0.2, 0) is 11.8 Å². The third-order valence-corrected chi connectivity index (χ3v) is 4.36. The topological polar surface area (TPSA) is 87.5 Å². The number of aromatic nitrogens is 2. The van der Waals surface area contributed by atoms with Crippen LogP contribution in [0.2, 0.25) is 0 Å². The van der Waals surface area contributed by atoms with Crippen molar-refractivity contribution in [1.82, 2.24) is 14.7 Å². The van der Waals surface area contributed by atoms with E-state index < -0.39 is 12.0 Å². The quantitative estimate of drug-likeness (QED) is 0.849. The minimum Gasteiger partial charge on any atom is -0.480 e. The normalized spacial score (nSPS) is 28.4. The second-order valence-corrected chi connectivity index (χ2v) is 5.62. The molecular weight excluding hydrogens is 260 g/mol. The van der Waals surface area contributed by atoms with Crippen molar-refractivity contribution >= 4 is 17.7 Å². The van der Waals surface area contributed by atoms with E-state index in [4.69, 9.17) is 0 Å². The number of nitrogens with zero attached hydrogens (tertiary/aromatic N) is 3. The van der Waals surface area contributed by atoms with E-state index in [2.05, 4.69) is 10.4 Å². The highest BCUT2D eigenvalue weighted by molar-refractivity contribution is 5.92. The summed E-state index contributed by atoms with van der Waals surface area (Å²) in [6, 6.07) is -1.04. The van der Waals surface area contributed by atoms with E-state index in [0.29, 0.717) is 18.2 Å². The van der Waals surface area contributed by atoms with Crippen molar-refractivity contribution in [3.63, 3.8) is 0 Å². The zero-order valence-corrected chi connectivity index (χ0v) is 11.3. The lowest BCUT2D eigenvalue weighted by Gasteiger charge is -2.24. The van der Waals surface area contributed by atoms with Crippen LogP contribution in [-0.4, -0.2) is 44.4 Å². The molecule has 1 saturated heterocycles. The number of anilines is 1. The molecule has 1 aliphatic heterocycles. The first-order chi connectivity index (χ1) is 9.56. The number of carboxylic acids is 1. The van der Waals surface area contributed by atoms with Gasteiger partial charge in [0.05, 0.1) is 11.9 Å². The molecule has 1 aliphatic carbocycles. The van der Waals surface area contributed by atoms with Gasteiger partial charge in [0.25, 0.3) is 0 Å². The third kappa shape index (κ3) is 2.13. The number of rotatable bonds is 2. The van der Waals surface area contributed by atoms with Gasteiger partial charge in [-0.25, -0.2) is 9.59 Å². The number of amides is 2. The molecule has 20 heavy (non-hydrogen) atoms. The zero-order chi connectivity index (χ0) is 14.3. The Labute approximate surface area is 116 Å². The molecule has 2 amide bonds. The molecule has 0 bridgehead atoms. The van der Waals surface area contributed by atoms with Crippen molar-refractivity contribution in [2.24, 2.45) is 18.9 Å². The zero-order valence-electron chi connectivity index (χ0n) is 11.3. The van der Waals surface area contributed by atoms with Gasteiger partial charge < -0.3 is 15.3 Å². The Balaban J connectivity index is 1.75. The molecule has 2 heterocycles. The van der Waals surface area contributed by atoms with E-state index in [1.165, 1.54) is 4.90 Å². The second-order valence-electron chi connectivity index (χ2n) is 5.62. The molecule has 2 fully saturated rings. The SMILES string of the molecule is Cn1cc(NC(=O)N2CC3CCCC3C2C(=O)O)cn1. The van der Waals surface area contributed by atoms with Crippen LogP contribution in [0.5, 0.6) is 0 Å². The summed E-state index contributed by atoms with van der Waals surface area (Å²) in [6.45, 7) is 0.535. The van der Waals surface area contributed by atoms with Gasteiger partial charge in [0.15, 0.2) is 0 Å². The first kappa shape index (κ1) is 13.0. The number of urea groups is 1. The molecule has 1 saturated carbocycles. The fourth-order valence-corrected chi connectivity index (χ4v) is 3.51. The maximum Gasteiger partial charge on any atom is 0.326 e. The Morgan fingerprint density at radius 1 is 1.45 bits per heavy atom. The predicted molar refractivity (Wildman–Crippen MR) is 71.2 cm³/mol. The van der Waals surface area contributed by atoms with Gasteiger partial charge in [0.2, 0.25) is 0 Å². The maximum absolute atomic E-state index is 12.3. The minimum absolute atomic E-state index is 0.104. The monoisotopic (exact) mass is 278 g/mol. The fraction of sp³-hybridized carbons (Fsp3) is 0.615. The lowest BCUT2D eigenvalue weighted by molar-refractivity contribution is -0.142. The predicted octanol–water partition coefficient (Wildman–Crippen LogP) is 1.14. The number of aliphatic carboxylic acids is 1. The summed E-state index contributed by atoms with van der Waals surface area (Å²) in [7, 11) is 1.76. The molecule has 2 aliphatic rings. The highest BCUT2D eigenvalue weighted by atomic mass is 16.4. The molecule has 3 unspecified atom stereocenters. The number of fused-ring (bicyclic) bond motifs is 1. The molecule has 7 nitrogen and oxygen atoms in total. The summed E-state index contributed by atoms with van der Waals surface area (Å²) in [5.74, 6) is -0.469. The van der Waals surface area contributed by atoms with Gasteiger partial charge in [-0.1, -0.05) is 6.42 Å². The maximum atomic E-state index is 12.3. The van der Waals surface area contributed by atoms with Crippen LogP contribution < -0.4 is 5.32 Å². The molecular formula is C13H18N4O3. The van der Waals surface area contributed by atoms with Gasteiger partial charge >= 0.3 is 12.0 Å². The third-order valence-electron chi connectivity index (χ3n) is 4.36. The molecule has 1 aromatic rings. The number of hydrogen-bond donors (Lipinski definition) is 2. The van der Waals surface area contributed by atoms with Crippen molar-refractivity contribution in [1.29, 1.82) is 0 Å². The van der Waals surface area contributed by atoms with Gasteiger partial charge in [-0.3, -0.25) is 4.68 Å². The number of carbonyl (C=O) groups excluding carboxylic acids is 1. The Bertz CT molecular complexity index is 541. The van der Waals surface area contributed by atoms with E-state index in [9.17, 15) is 14.7 Å². The molecule has 7 heteroatoms.